The molecule has 24 heavy (non-hydrogen) atoms. The fourth-order valence-electron chi connectivity index (χ4n) is 2.64. The molecular weight excluding hydrogens is 392 g/mol. The van der Waals surface area contributed by atoms with Gasteiger partial charge in [-0.15, -0.1) is 0 Å². The minimum absolute atomic E-state index is 0.330. The molecule has 1 aliphatic carbocycles. The lowest BCUT2D eigenvalue weighted by Crippen LogP contribution is -2.48. The number of hydrogen-bond donors (Lipinski definition) is 2. The maximum atomic E-state index is 12.7. The first-order valence-electron chi connectivity index (χ1n) is 7.79. The average molecular weight is 413 g/mol. The lowest BCUT2D eigenvalue weighted by atomic mass is 10.1. The number of pyridine rings is 2. The van der Waals surface area contributed by atoms with Crippen LogP contribution in [0.5, 0.6) is 0 Å². The molecule has 0 radical (unpaired) electrons. The van der Waals surface area contributed by atoms with E-state index in [2.05, 4.69) is 35.9 Å². The molecule has 3 rings (SSSR count). The third kappa shape index (κ3) is 3.41. The SMILES string of the molecule is CC(C)(C)NS(=O)(=O)C1(CNc2nccc3c(Br)cncc23)CC1. The zero-order valence-electron chi connectivity index (χ0n) is 13.9. The maximum absolute atomic E-state index is 12.7. The van der Waals surface area contributed by atoms with Crippen molar-refractivity contribution in [1.29, 1.82) is 0 Å². The second kappa shape index (κ2) is 5.93. The predicted octanol–water partition coefficient (Wildman–Crippen LogP) is 3.05. The molecule has 2 aromatic rings. The largest absolute Gasteiger partial charge is 0.368 e. The van der Waals surface area contributed by atoms with E-state index in [1.54, 1.807) is 18.6 Å². The van der Waals surface area contributed by atoms with Crippen molar-refractivity contribution in [2.75, 3.05) is 11.9 Å². The molecule has 6 nitrogen and oxygen atoms in total. The molecule has 1 saturated carbocycles. The highest BCUT2D eigenvalue weighted by atomic mass is 79.9. The Kier molecular flexibility index (Phi) is 4.34. The molecule has 0 aliphatic heterocycles. The standard InChI is InChI=1S/C16H21BrN4O2S/c1-15(2,3)21-24(22,23)16(5-6-16)10-20-14-12-8-18-9-13(17)11(12)4-7-19-14/h4,7-9,21H,5-6,10H2,1-3H3,(H,19,20). The normalized spacial score (nSPS) is 17.0. The van der Waals surface area contributed by atoms with Crippen LogP contribution in [0.2, 0.25) is 0 Å². The number of aromatic nitrogens is 2. The lowest BCUT2D eigenvalue weighted by molar-refractivity contribution is 0.482. The van der Waals surface area contributed by atoms with Gasteiger partial charge in [-0.3, -0.25) is 4.98 Å². The Balaban J connectivity index is 1.83. The van der Waals surface area contributed by atoms with Gasteiger partial charge in [-0.25, -0.2) is 18.1 Å². The second-order valence-corrected chi connectivity index (χ2v) is 10.2. The Morgan fingerprint density at radius 2 is 1.96 bits per heavy atom. The van der Waals surface area contributed by atoms with Crippen molar-refractivity contribution in [2.45, 2.75) is 43.9 Å². The van der Waals surface area contributed by atoms with Gasteiger partial charge in [0.1, 0.15) is 10.6 Å². The lowest BCUT2D eigenvalue weighted by Gasteiger charge is -2.25. The Morgan fingerprint density at radius 3 is 2.58 bits per heavy atom. The van der Waals surface area contributed by atoms with E-state index in [0.717, 1.165) is 15.2 Å². The van der Waals surface area contributed by atoms with Crippen LogP contribution in [0.3, 0.4) is 0 Å². The summed E-state index contributed by atoms with van der Waals surface area (Å²) < 4.78 is 28.3. The fourth-order valence-corrected chi connectivity index (χ4v) is 5.02. The summed E-state index contributed by atoms with van der Waals surface area (Å²) in [6, 6.07) is 1.90. The minimum Gasteiger partial charge on any atom is -0.368 e. The van der Waals surface area contributed by atoms with Gasteiger partial charge in [0, 0.05) is 45.9 Å². The monoisotopic (exact) mass is 412 g/mol. The Morgan fingerprint density at radius 1 is 1.25 bits per heavy atom. The molecule has 0 aromatic carbocycles. The van der Waals surface area contributed by atoms with E-state index in [1.165, 1.54) is 0 Å². The summed E-state index contributed by atoms with van der Waals surface area (Å²) in [4.78, 5) is 8.52. The first kappa shape index (κ1) is 17.6. The van der Waals surface area contributed by atoms with Crippen molar-refractivity contribution in [3.8, 4) is 0 Å². The number of nitrogens with zero attached hydrogens (tertiary/aromatic N) is 2. The van der Waals surface area contributed by atoms with Gasteiger partial charge in [-0.1, -0.05) is 0 Å². The number of hydrogen-bond acceptors (Lipinski definition) is 5. The number of sulfonamides is 1. The summed E-state index contributed by atoms with van der Waals surface area (Å²) in [7, 11) is -3.40. The minimum atomic E-state index is -3.40. The second-order valence-electron chi connectivity index (χ2n) is 7.27. The zero-order chi connectivity index (χ0) is 17.6. The summed E-state index contributed by atoms with van der Waals surface area (Å²) in [5.41, 5.74) is -0.485. The summed E-state index contributed by atoms with van der Waals surface area (Å²) >= 11 is 3.47. The summed E-state index contributed by atoms with van der Waals surface area (Å²) in [5.74, 6) is 0.651. The van der Waals surface area contributed by atoms with E-state index in [9.17, 15) is 8.42 Å². The third-order valence-corrected chi connectivity index (χ3v) is 7.24. The van der Waals surface area contributed by atoms with E-state index < -0.39 is 20.3 Å². The molecule has 1 aliphatic rings. The highest BCUT2D eigenvalue weighted by molar-refractivity contribution is 9.10. The van der Waals surface area contributed by atoms with Gasteiger partial charge in [0.2, 0.25) is 10.0 Å². The molecule has 2 N–H and O–H groups in total. The van der Waals surface area contributed by atoms with Gasteiger partial charge >= 0.3 is 0 Å². The van der Waals surface area contributed by atoms with Crippen molar-refractivity contribution in [2.24, 2.45) is 0 Å². The van der Waals surface area contributed by atoms with Gasteiger partial charge in [0.25, 0.3) is 0 Å². The van der Waals surface area contributed by atoms with Gasteiger partial charge in [0.05, 0.1) is 0 Å². The van der Waals surface area contributed by atoms with Crippen molar-refractivity contribution in [3.05, 3.63) is 29.1 Å². The van der Waals surface area contributed by atoms with Gasteiger partial charge in [-0.05, 0) is 55.6 Å². The topological polar surface area (TPSA) is 84.0 Å². The zero-order valence-corrected chi connectivity index (χ0v) is 16.3. The number of anilines is 1. The Hall–Kier alpha value is -1.25. The van der Waals surface area contributed by atoms with Crippen molar-refractivity contribution in [1.82, 2.24) is 14.7 Å². The molecular formula is C16H21BrN4O2S. The predicted molar refractivity (Wildman–Crippen MR) is 99.5 cm³/mol. The van der Waals surface area contributed by atoms with Crippen LogP contribution in [-0.2, 0) is 10.0 Å². The van der Waals surface area contributed by atoms with Crippen LogP contribution >= 0.6 is 15.9 Å². The smallest absolute Gasteiger partial charge is 0.219 e. The van der Waals surface area contributed by atoms with Gasteiger partial charge < -0.3 is 5.32 Å². The molecule has 0 amide bonds. The quantitative estimate of drug-likeness (QED) is 0.787. The summed E-state index contributed by atoms with van der Waals surface area (Å²) in [5, 5.41) is 5.07. The Labute approximate surface area is 150 Å². The molecule has 0 unspecified atom stereocenters. The number of rotatable bonds is 5. The molecule has 2 aromatic heterocycles. The van der Waals surface area contributed by atoms with Crippen LogP contribution in [0.1, 0.15) is 33.6 Å². The highest BCUT2D eigenvalue weighted by Gasteiger charge is 2.55. The van der Waals surface area contributed by atoms with Crippen LogP contribution < -0.4 is 10.0 Å². The molecule has 130 valence electrons. The number of fused-ring (bicyclic) bond motifs is 1. The van der Waals surface area contributed by atoms with Gasteiger partial charge in [0.15, 0.2) is 0 Å². The van der Waals surface area contributed by atoms with Crippen LogP contribution in [-0.4, -0.2) is 35.2 Å². The van der Waals surface area contributed by atoms with E-state index in [-0.39, 0.29) is 0 Å². The molecule has 8 heteroatoms. The fraction of sp³-hybridized carbons (Fsp3) is 0.500. The van der Waals surface area contributed by atoms with Crippen LogP contribution in [0.15, 0.2) is 29.1 Å². The molecule has 0 atom stereocenters. The van der Waals surface area contributed by atoms with Crippen molar-refractivity contribution >= 4 is 42.5 Å². The number of nitrogens with one attached hydrogen (secondary N) is 2. The highest BCUT2D eigenvalue weighted by Crippen LogP contribution is 2.43. The van der Waals surface area contributed by atoms with Gasteiger partial charge in [-0.2, -0.15) is 0 Å². The summed E-state index contributed by atoms with van der Waals surface area (Å²) in [6.45, 7) is 5.88. The van der Waals surface area contributed by atoms with Crippen molar-refractivity contribution < 1.29 is 8.42 Å². The molecule has 0 bridgehead atoms. The maximum Gasteiger partial charge on any atom is 0.219 e. The first-order chi connectivity index (χ1) is 11.1. The number of halogens is 1. The van der Waals surface area contributed by atoms with Crippen LogP contribution in [0.25, 0.3) is 10.8 Å². The van der Waals surface area contributed by atoms with Crippen molar-refractivity contribution in [3.63, 3.8) is 0 Å². The van der Waals surface area contributed by atoms with E-state index >= 15 is 0 Å². The molecule has 0 saturated heterocycles. The molecule has 2 heterocycles. The Bertz CT molecular complexity index is 873. The molecule has 1 fully saturated rings. The third-order valence-electron chi connectivity index (χ3n) is 4.04. The van der Waals surface area contributed by atoms with E-state index in [4.69, 9.17) is 0 Å². The van der Waals surface area contributed by atoms with Crippen LogP contribution in [0, 0.1) is 0 Å². The first-order valence-corrected chi connectivity index (χ1v) is 10.1. The summed E-state index contributed by atoms with van der Waals surface area (Å²) in [6.07, 6.45) is 6.47. The molecule has 0 spiro atoms. The van der Waals surface area contributed by atoms with E-state index in [1.807, 2.05) is 26.8 Å². The van der Waals surface area contributed by atoms with Crippen LogP contribution in [0.4, 0.5) is 5.82 Å². The average Bonchev–Trinajstić information content (AvgIpc) is 3.25. The van der Waals surface area contributed by atoms with E-state index in [0.29, 0.717) is 25.2 Å².